The zero-order valence-electron chi connectivity index (χ0n) is 20.5. The quantitative estimate of drug-likeness (QED) is 0.442. The van der Waals surface area contributed by atoms with E-state index in [1.807, 2.05) is 4.90 Å². The first-order valence-electron chi connectivity index (χ1n) is 11.4. The summed E-state index contributed by atoms with van der Waals surface area (Å²) in [6, 6.07) is 12.4. The molecule has 10 nitrogen and oxygen atoms in total. The van der Waals surface area contributed by atoms with Crippen molar-refractivity contribution in [1.82, 2.24) is 9.29 Å². The number of sulfonamides is 2. The van der Waals surface area contributed by atoms with E-state index >= 15 is 0 Å². The minimum Gasteiger partial charge on any atom is -0.369 e. The molecule has 1 aromatic heterocycles. The van der Waals surface area contributed by atoms with Crippen LogP contribution in [0.15, 0.2) is 65.8 Å². The van der Waals surface area contributed by atoms with Crippen LogP contribution in [0.25, 0.3) is 0 Å². The van der Waals surface area contributed by atoms with E-state index < -0.39 is 26.0 Å². The molecule has 2 aromatic carbocycles. The van der Waals surface area contributed by atoms with Crippen LogP contribution in [0.4, 0.5) is 17.1 Å². The fourth-order valence-corrected chi connectivity index (χ4v) is 6.41. The second-order valence-electron chi connectivity index (χ2n) is 8.62. The van der Waals surface area contributed by atoms with E-state index in [0.29, 0.717) is 28.8 Å². The Hall–Kier alpha value is -2.90. The molecule has 1 aliphatic heterocycles. The number of rotatable bonds is 7. The average molecular weight is 599 g/mol. The Balaban J connectivity index is 1.44. The van der Waals surface area contributed by atoms with Gasteiger partial charge in [0.1, 0.15) is 0 Å². The first kappa shape index (κ1) is 28.1. The van der Waals surface area contributed by atoms with Crippen molar-refractivity contribution in [2.75, 3.05) is 54.0 Å². The summed E-state index contributed by atoms with van der Waals surface area (Å²) in [7, 11) is -6.04. The molecule has 3 aromatic rings. The molecule has 0 aliphatic carbocycles. The first-order chi connectivity index (χ1) is 17.9. The van der Waals surface area contributed by atoms with Gasteiger partial charge >= 0.3 is 0 Å². The van der Waals surface area contributed by atoms with Gasteiger partial charge in [-0.15, -0.1) is 0 Å². The molecule has 2 heterocycles. The standard InChI is InChI=1S/C24H25Cl2N5O5S2/c1-29(37(2,33)34)23-16-27-8-7-22(23)24(32)28-19-3-5-21(6-4-19)38(35,36)31-11-9-30(10-12-31)20-14-17(25)13-18(26)15-20/h3-8,13-16H,9-12H2,1-2H3,(H,28,32). The largest absolute Gasteiger partial charge is 0.369 e. The van der Waals surface area contributed by atoms with Crippen molar-refractivity contribution in [3.05, 3.63) is 76.5 Å². The molecule has 14 heteroatoms. The molecule has 0 unspecified atom stereocenters. The lowest BCUT2D eigenvalue weighted by atomic mass is 10.2. The van der Waals surface area contributed by atoms with Crippen LogP contribution >= 0.6 is 23.2 Å². The number of nitrogens with zero attached hydrogens (tertiary/aromatic N) is 4. The molecule has 1 N–H and O–H groups in total. The highest BCUT2D eigenvalue weighted by atomic mass is 35.5. The minimum absolute atomic E-state index is 0.0937. The lowest BCUT2D eigenvalue weighted by molar-refractivity contribution is 0.102. The molecule has 0 saturated carbocycles. The summed E-state index contributed by atoms with van der Waals surface area (Å²) in [4.78, 5) is 18.9. The molecule has 38 heavy (non-hydrogen) atoms. The van der Waals surface area contributed by atoms with Crippen molar-refractivity contribution >= 4 is 66.2 Å². The van der Waals surface area contributed by atoms with Gasteiger partial charge in [0.05, 0.1) is 28.6 Å². The van der Waals surface area contributed by atoms with Crippen LogP contribution in [0.1, 0.15) is 10.4 Å². The number of halogens is 2. The molecule has 0 spiro atoms. The van der Waals surface area contributed by atoms with Crippen molar-refractivity contribution in [3.63, 3.8) is 0 Å². The molecule has 1 saturated heterocycles. The second-order valence-corrected chi connectivity index (χ2v) is 13.4. The van der Waals surface area contributed by atoms with Crippen LogP contribution < -0.4 is 14.5 Å². The summed E-state index contributed by atoms with van der Waals surface area (Å²) in [6.07, 6.45) is 3.69. The fourth-order valence-electron chi connectivity index (χ4n) is 3.97. The maximum absolute atomic E-state index is 13.2. The van der Waals surface area contributed by atoms with Gasteiger partial charge in [-0.2, -0.15) is 4.31 Å². The first-order valence-corrected chi connectivity index (χ1v) is 15.4. The van der Waals surface area contributed by atoms with Crippen molar-refractivity contribution in [1.29, 1.82) is 0 Å². The molecule has 1 fully saturated rings. The van der Waals surface area contributed by atoms with Gasteiger partial charge in [0.2, 0.25) is 20.0 Å². The number of hydrogen-bond donors (Lipinski definition) is 1. The van der Waals surface area contributed by atoms with Crippen LogP contribution in [0.3, 0.4) is 0 Å². The molecule has 202 valence electrons. The van der Waals surface area contributed by atoms with Gasteiger partial charge in [-0.1, -0.05) is 23.2 Å². The predicted octanol–water partition coefficient (Wildman–Crippen LogP) is 3.55. The number of benzene rings is 2. The van der Waals surface area contributed by atoms with Gasteiger partial charge in [0, 0.05) is 60.8 Å². The molecular formula is C24H25Cl2N5O5S2. The van der Waals surface area contributed by atoms with E-state index in [0.717, 1.165) is 16.2 Å². The van der Waals surface area contributed by atoms with E-state index in [-0.39, 0.29) is 29.2 Å². The number of anilines is 3. The van der Waals surface area contributed by atoms with Gasteiger partial charge in [-0.25, -0.2) is 16.8 Å². The SMILES string of the molecule is CN(c1cnccc1C(=O)Nc1ccc(S(=O)(=O)N2CCN(c3cc(Cl)cc(Cl)c3)CC2)cc1)S(C)(=O)=O. The Morgan fingerprint density at radius 3 is 2.13 bits per heavy atom. The average Bonchev–Trinajstić information content (AvgIpc) is 2.87. The number of carbonyl (C=O) groups excluding carboxylic acids is 1. The van der Waals surface area contributed by atoms with Crippen LogP contribution in [-0.2, 0) is 20.0 Å². The molecule has 4 rings (SSSR count). The maximum atomic E-state index is 13.2. The number of hydrogen-bond acceptors (Lipinski definition) is 7. The third-order valence-electron chi connectivity index (χ3n) is 6.08. The lowest BCUT2D eigenvalue weighted by Crippen LogP contribution is -2.48. The van der Waals surface area contributed by atoms with Gasteiger partial charge < -0.3 is 10.2 Å². The molecule has 0 bridgehead atoms. The number of carbonyl (C=O) groups is 1. The van der Waals surface area contributed by atoms with Crippen molar-refractivity contribution < 1.29 is 21.6 Å². The Labute approximate surface area is 231 Å². The Bertz CT molecular complexity index is 1540. The summed E-state index contributed by atoms with van der Waals surface area (Å²) >= 11 is 12.2. The summed E-state index contributed by atoms with van der Waals surface area (Å²) in [5.41, 5.74) is 1.40. The van der Waals surface area contributed by atoms with Gasteiger partial charge in [0.15, 0.2) is 0 Å². The van der Waals surface area contributed by atoms with Crippen molar-refractivity contribution in [2.24, 2.45) is 0 Å². The molecular weight excluding hydrogens is 573 g/mol. The third-order valence-corrected chi connectivity index (χ3v) is 9.62. The smallest absolute Gasteiger partial charge is 0.257 e. The highest BCUT2D eigenvalue weighted by molar-refractivity contribution is 7.92. The van der Waals surface area contributed by atoms with E-state index in [1.165, 1.54) is 54.1 Å². The van der Waals surface area contributed by atoms with Crippen LogP contribution in [-0.4, -0.2) is 71.5 Å². The lowest BCUT2D eigenvalue weighted by Gasteiger charge is -2.35. The topological polar surface area (TPSA) is 120 Å². The van der Waals surface area contributed by atoms with Crippen molar-refractivity contribution in [3.8, 4) is 0 Å². The minimum atomic E-state index is -3.76. The number of aromatic nitrogens is 1. The number of piperazine rings is 1. The highest BCUT2D eigenvalue weighted by Gasteiger charge is 2.29. The monoisotopic (exact) mass is 597 g/mol. The van der Waals surface area contributed by atoms with Crippen molar-refractivity contribution in [2.45, 2.75) is 4.90 Å². The zero-order valence-corrected chi connectivity index (χ0v) is 23.6. The number of pyridine rings is 1. The highest BCUT2D eigenvalue weighted by Crippen LogP contribution is 2.28. The maximum Gasteiger partial charge on any atom is 0.257 e. The van der Waals surface area contributed by atoms with E-state index in [9.17, 15) is 21.6 Å². The van der Waals surface area contributed by atoms with Crippen LogP contribution in [0, 0.1) is 0 Å². The molecule has 0 radical (unpaired) electrons. The molecule has 1 amide bonds. The summed E-state index contributed by atoms with van der Waals surface area (Å²) in [6.45, 7) is 1.51. The van der Waals surface area contributed by atoms with E-state index in [2.05, 4.69) is 10.3 Å². The van der Waals surface area contributed by atoms with Gasteiger partial charge in [-0.3, -0.25) is 14.1 Å². The van der Waals surface area contributed by atoms with Crippen LogP contribution in [0.2, 0.25) is 10.0 Å². The van der Waals surface area contributed by atoms with E-state index in [4.69, 9.17) is 23.2 Å². The Kier molecular flexibility index (Phi) is 8.19. The zero-order chi connectivity index (χ0) is 27.7. The fraction of sp³-hybridized carbons (Fsp3) is 0.250. The van der Waals surface area contributed by atoms with E-state index in [1.54, 1.807) is 18.2 Å². The Morgan fingerprint density at radius 1 is 0.947 bits per heavy atom. The molecule has 1 aliphatic rings. The number of nitrogens with one attached hydrogen (secondary N) is 1. The second kappa shape index (κ2) is 11.1. The predicted molar refractivity (Wildman–Crippen MR) is 149 cm³/mol. The summed E-state index contributed by atoms with van der Waals surface area (Å²) < 4.78 is 52.7. The summed E-state index contributed by atoms with van der Waals surface area (Å²) in [5.74, 6) is -0.564. The van der Waals surface area contributed by atoms with Crippen LogP contribution in [0.5, 0.6) is 0 Å². The third kappa shape index (κ3) is 6.21. The number of amides is 1. The van der Waals surface area contributed by atoms with Gasteiger partial charge in [0.25, 0.3) is 5.91 Å². The molecule has 0 atom stereocenters. The summed E-state index contributed by atoms with van der Waals surface area (Å²) in [5, 5.41) is 3.69. The van der Waals surface area contributed by atoms with Gasteiger partial charge in [-0.05, 0) is 48.5 Å². The normalized spacial score (nSPS) is 14.8. The Morgan fingerprint density at radius 2 is 1.55 bits per heavy atom.